The van der Waals surface area contributed by atoms with Crippen LogP contribution in [0.15, 0.2) is 89.7 Å². The predicted octanol–water partition coefficient (Wildman–Crippen LogP) is 3.31. The number of hydrogen-bond donors (Lipinski definition) is 2. The van der Waals surface area contributed by atoms with Crippen LogP contribution in [0.2, 0.25) is 0 Å². The maximum absolute atomic E-state index is 12.2. The predicted molar refractivity (Wildman–Crippen MR) is 100 cm³/mol. The number of H-pyrrole nitrogens is 1. The standard InChI is InChI=1S/C21H17N3O2/c25-19(15-7-3-1-4-8-15)16-11-13-18(14-12-16)24-20(22-23-21(24)26)17-9-5-2-6-10-17/h1-14,19,25H,(H,23,26). The lowest BCUT2D eigenvalue weighted by Gasteiger charge is -2.12. The number of aromatic nitrogens is 3. The number of rotatable bonds is 4. The monoisotopic (exact) mass is 343 g/mol. The van der Waals surface area contributed by atoms with Crippen LogP contribution < -0.4 is 5.69 Å². The fourth-order valence-corrected chi connectivity index (χ4v) is 2.95. The van der Waals surface area contributed by atoms with Gasteiger partial charge in [0.2, 0.25) is 0 Å². The molecule has 5 heteroatoms. The number of benzene rings is 3. The van der Waals surface area contributed by atoms with E-state index in [0.29, 0.717) is 11.5 Å². The first-order chi connectivity index (χ1) is 12.7. The Labute approximate surface area is 150 Å². The van der Waals surface area contributed by atoms with E-state index < -0.39 is 6.10 Å². The van der Waals surface area contributed by atoms with E-state index >= 15 is 0 Å². The molecule has 4 rings (SSSR count). The summed E-state index contributed by atoms with van der Waals surface area (Å²) in [7, 11) is 0. The molecule has 128 valence electrons. The minimum atomic E-state index is -0.708. The van der Waals surface area contributed by atoms with E-state index in [0.717, 1.165) is 16.7 Å². The van der Waals surface area contributed by atoms with Crippen LogP contribution in [0.25, 0.3) is 17.1 Å². The van der Waals surface area contributed by atoms with E-state index in [1.165, 1.54) is 4.57 Å². The third-order valence-corrected chi connectivity index (χ3v) is 4.29. The van der Waals surface area contributed by atoms with Gasteiger partial charge >= 0.3 is 5.69 Å². The Balaban J connectivity index is 1.71. The second-order valence-corrected chi connectivity index (χ2v) is 5.96. The van der Waals surface area contributed by atoms with Crippen LogP contribution in [0.3, 0.4) is 0 Å². The Kier molecular flexibility index (Phi) is 4.21. The molecule has 0 aliphatic heterocycles. The van der Waals surface area contributed by atoms with Crippen molar-refractivity contribution >= 4 is 0 Å². The van der Waals surface area contributed by atoms with Crippen LogP contribution in [0.4, 0.5) is 0 Å². The number of aliphatic hydroxyl groups is 1. The summed E-state index contributed by atoms with van der Waals surface area (Å²) >= 11 is 0. The van der Waals surface area contributed by atoms with Crippen molar-refractivity contribution in [3.05, 3.63) is 107 Å². The second-order valence-electron chi connectivity index (χ2n) is 5.96. The summed E-state index contributed by atoms with van der Waals surface area (Å²) < 4.78 is 1.52. The highest BCUT2D eigenvalue weighted by molar-refractivity contribution is 5.58. The highest BCUT2D eigenvalue weighted by Crippen LogP contribution is 2.24. The Hall–Kier alpha value is -3.44. The minimum Gasteiger partial charge on any atom is -0.384 e. The van der Waals surface area contributed by atoms with Gasteiger partial charge in [-0.2, -0.15) is 5.10 Å². The van der Waals surface area contributed by atoms with Crippen molar-refractivity contribution in [1.29, 1.82) is 0 Å². The third-order valence-electron chi connectivity index (χ3n) is 4.29. The number of hydrogen-bond acceptors (Lipinski definition) is 3. The maximum Gasteiger partial charge on any atom is 0.348 e. The molecule has 0 amide bonds. The normalized spacial score (nSPS) is 12.0. The molecule has 0 fully saturated rings. The molecule has 1 aromatic heterocycles. The maximum atomic E-state index is 12.2. The molecule has 0 saturated heterocycles. The first-order valence-corrected chi connectivity index (χ1v) is 8.30. The van der Waals surface area contributed by atoms with E-state index in [2.05, 4.69) is 10.2 Å². The van der Waals surface area contributed by atoms with E-state index in [4.69, 9.17) is 0 Å². The highest BCUT2D eigenvalue weighted by atomic mass is 16.3. The van der Waals surface area contributed by atoms with E-state index in [-0.39, 0.29) is 5.69 Å². The molecule has 1 atom stereocenters. The molecule has 5 nitrogen and oxygen atoms in total. The Bertz CT molecular complexity index is 1050. The summed E-state index contributed by atoms with van der Waals surface area (Å²) in [6, 6.07) is 26.2. The van der Waals surface area contributed by atoms with Crippen molar-refractivity contribution < 1.29 is 5.11 Å². The summed E-state index contributed by atoms with van der Waals surface area (Å²) in [6.45, 7) is 0. The fourth-order valence-electron chi connectivity index (χ4n) is 2.95. The molecule has 1 unspecified atom stereocenters. The minimum absolute atomic E-state index is 0.305. The van der Waals surface area contributed by atoms with Crippen molar-refractivity contribution in [3.8, 4) is 17.1 Å². The number of nitrogens with zero attached hydrogens (tertiary/aromatic N) is 2. The molecule has 1 heterocycles. The average molecular weight is 343 g/mol. The number of nitrogens with one attached hydrogen (secondary N) is 1. The van der Waals surface area contributed by atoms with E-state index in [1.807, 2.05) is 84.9 Å². The molecule has 0 aliphatic rings. The zero-order valence-corrected chi connectivity index (χ0v) is 13.9. The Morgan fingerprint density at radius 1 is 0.808 bits per heavy atom. The topological polar surface area (TPSA) is 70.9 Å². The first kappa shape index (κ1) is 16.1. The van der Waals surface area contributed by atoms with Crippen LogP contribution in [0.1, 0.15) is 17.2 Å². The summed E-state index contributed by atoms with van der Waals surface area (Å²) in [5, 5.41) is 17.2. The summed E-state index contributed by atoms with van der Waals surface area (Å²) in [5.74, 6) is 0.548. The van der Waals surface area contributed by atoms with Crippen molar-refractivity contribution in [2.75, 3.05) is 0 Å². The summed E-state index contributed by atoms with van der Waals surface area (Å²) in [5.41, 5.74) is 2.81. The van der Waals surface area contributed by atoms with Gasteiger partial charge < -0.3 is 5.11 Å². The van der Waals surface area contributed by atoms with Gasteiger partial charge in [-0.05, 0) is 23.3 Å². The Morgan fingerprint density at radius 2 is 1.38 bits per heavy atom. The van der Waals surface area contributed by atoms with Gasteiger partial charge in [-0.1, -0.05) is 72.8 Å². The van der Waals surface area contributed by atoms with Crippen LogP contribution >= 0.6 is 0 Å². The van der Waals surface area contributed by atoms with Gasteiger partial charge in [0, 0.05) is 5.56 Å². The quantitative estimate of drug-likeness (QED) is 0.597. The summed E-state index contributed by atoms with van der Waals surface area (Å²) in [6.07, 6.45) is -0.708. The Morgan fingerprint density at radius 3 is 2.04 bits per heavy atom. The van der Waals surface area contributed by atoms with Gasteiger partial charge in [-0.25, -0.2) is 14.5 Å². The van der Waals surface area contributed by atoms with Crippen LogP contribution in [0, 0.1) is 0 Å². The number of aliphatic hydroxyl groups excluding tert-OH is 1. The third kappa shape index (κ3) is 2.96. The molecule has 2 N–H and O–H groups in total. The zero-order chi connectivity index (χ0) is 17.9. The second kappa shape index (κ2) is 6.82. The van der Waals surface area contributed by atoms with E-state index in [9.17, 15) is 9.90 Å². The van der Waals surface area contributed by atoms with Gasteiger partial charge in [-0.15, -0.1) is 0 Å². The van der Waals surface area contributed by atoms with Gasteiger partial charge in [0.25, 0.3) is 0 Å². The lowest BCUT2D eigenvalue weighted by molar-refractivity contribution is 0.220. The molecule has 0 aliphatic carbocycles. The van der Waals surface area contributed by atoms with Crippen LogP contribution in [0.5, 0.6) is 0 Å². The van der Waals surface area contributed by atoms with Gasteiger partial charge in [0.15, 0.2) is 5.82 Å². The molecular formula is C21H17N3O2. The molecule has 26 heavy (non-hydrogen) atoms. The molecule has 4 aromatic rings. The molecule has 0 saturated carbocycles. The first-order valence-electron chi connectivity index (χ1n) is 8.30. The summed E-state index contributed by atoms with van der Waals surface area (Å²) in [4.78, 5) is 12.2. The van der Waals surface area contributed by atoms with Crippen LogP contribution in [-0.4, -0.2) is 19.9 Å². The lowest BCUT2D eigenvalue weighted by atomic mass is 10.0. The van der Waals surface area contributed by atoms with Crippen molar-refractivity contribution in [2.45, 2.75) is 6.10 Å². The van der Waals surface area contributed by atoms with Gasteiger partial charge in [0.05, 0.1) is 5.69 Å². The largest absolute Gasteiger partial charge is 0.384 e. The molecule has 0 radical (unpaired) electrons. The van der Waals surface area contributed by atoms with Crippen molar-refractivity contribution in [3.63, 3.8) is 0 Å². The van der Waals surface area contributed by atoms with Gasteiger partial charge in [0.1, 0.15) is 6.10 Å². The number of aromatic amines is 1. The van der Waals surface area contributed by atoms with Gasteiger partial charge in [-0.3, -0.25) is 0 Å². The molecular weight excluding hydrogens is 326 g/mol. The van der Waals surface area contributed by atoms with Crippen molar-refractivity contribution in [1.82, 2.24) is 14.8 Å². The molecule has 3 aromatic carbocycles. The molecule has 0 bridgehead atoms. The van der Waals surface area contributed by atoms with Crippen molar-refractivity contribution in [2.24, 2.45) is 0 Å². The highest BCUT2D eigenvalue weighted by Gasteiger charge is 2.14. The average Bonchev–Trinajstić information content (AvgIpc) is 3.10. The lowest BCUT2D eigenvalue weighted by Crippen LogP contribution is -2.15. The smallest absolute Gasteiger partial charge is 0.348 e. The molecule has 0 spiro atoms. The fraction of sp³-hybridized carbons (Fsp3) is 0.0476. The zero-order valence-electron chi connectivity index (χ0n) is 13.9. The van der Waals surface area contributed by atoms with Crippen LogP contribution in [-0.2, 0) is 0 Å². The van der Waals surface area contributed by atoms with E-state index in [1.54, 1.807) is 0 Å². The SMILES string of the molecule is O=c1[nH]nc(-c2ccccc2)n1-c1ccc(C(O)c2ccccc2)cc1.